The second-order valence-corrected chi connectivity index (χ2v) is 15.4. The van der Waals surface area contributed by atoms with E-state index in [0.29, 0.717) is 38.5 Å². The van der Waals surface area contributed by atoms with E-state index in [1.165, 1.54) is 26.0 Å². The molecule has 0 aliphatic carbocycles. The van der Waals surface area contributed by atoms with Crippen LogP contribution in [0.5, 0.6) is 0 Å². The summed E-state index contributed by atoms with van der Waals surface area (Å²) in [7, 11) is 0. The maximum atomic E-state index is 13.0. The van der Waals surface area contributed by atoms with Gasteiger partial charge in [-0.3, -0.25) is 33.6 Å². The van der Waals surface area contributed by atoms with Crippen molar-refractivity contribution in [2.75, 3.05) is 44.8 Å². The van der Waals surface area contributed by atoms with Crippen molar-refractivity contribution in [3.63, 3.8) is 0 Å². The summed E-state index contributed by atoms with van der Waals surface area (Å²) >= 11 is 6.83. The van der Waals surface area contributed by atoms with Crippen molar-refractivity contribution in [2.24, 2.45) is 11.7 Å². The van der Waals surface area contributed by atoms with Crippen LogP contribution in [-0.4, -0.2) is 115 Å². The molecule has 8 N–H and O–H groups in total. The minimum atomic E-state index is -1.39. The van der Waals surface area contributed by atoms with Gasteiger partial charge < -0.3 is 51.8 Å². The van der Waals surface area contributed by atoms with Gasteiger partial charge in [0.15, 0.2) is 5.78 Å². The monoisotopic (exact) mass is 1010 g/mol. The van der Waals surface area contributed by atoms with Crippen molar-refractivity contribution in [1.29, 1.82) is 0 Å². The van der Waals surface area contributed by atoms with Crippen molar-refractivity contribution >= 4 is 95.9 Å². The van der Waals surface area contributed by atoms with Gasteiger partial charge in [-0.15, -0.1) is 0 Å². The number of rotatable bonds is 26. The molecule has 342 valence electrons. The van der Waals surface area contributed by atoms with E-state index in [1.54, 1.807) is 44.2 Å². The fourth-order valence-electron chi connectivity index (χ4n) is 5.28. The van der Waals surface area contributed by atoms with Gasteiger partial charge in [0, 0.05) is 40.8 Å². The number of Topliss-reactive ketones (excluding diaryl/α,β-unsaturated/α-hetero) is 1. The first kappa shape index (κ1) is 51.8. The zero-order chi connectivity index (χ0) is 46.5. The molecule has 0 aliphatic rings. The van der Waals surface area contributed by atoms with Crippen LogP contribution in [0, 0.1) is 5.92 Å². The van der Waals surface area contributed by atoms with E-state index in [0.717, 1.165) is 11.4 Å². The molecule has 3 rings (SSSR count). The molecule has 63 heavy (non-hydrogen) atoms. The number of anilines is 1. The number of benzene rings is 2. The zero-order valence-electron chi connectivity index (χ0n) is 35.3. The number of nitrogens with zero attached hydrogens (tertiary/aromatic N) is 2. The first-order valence-electron chi connectivity index (χ1n) is 19.9. The maximum Gasteiger partial charge on any atom is 0.407 e. The summed E-state index contributed by atoms with van der Waals surface area (Å²) in [6, 6.07) is 7.69. The van der Waals surface area contributed by atoms with Crippen LogP contribution in [0.2, 0.25) is 0 Å². The number of halogens is 2. The molecule has 1 heterocycles. The van der Waals surface area contributed by atoms with Crippen molar-refractivity contribution in [3.05, 3.63) is 65.0 Å². The zero-order valence-corrected chi connectivity index (χ0v) is 38.5. The Labute approximate surface area is 380 Å². The highest BCUT2D eigenvalue weighted by Crippen LogP contribution is 2.19. The fraction of sp³-hybridized carbons (Fsp3) is 0.463. The number of primary amides is 1. The van der Waals surface area contributed by atoms with Crippen LogP contribution < -0.4 is 37.6 Å². The van der Waals surface area contributed by atoms with Gasteiger partial charge in [-0.1, -0.05) is 57.8 Å². The van der Waals surface area contributed by atoms with Crippen LogP contribution in [0.4, 0.5) is 10.5 Å². The van der Waals surface area contributed by atoms with E-state index in [1.807, 2.05) is 0 Å². The summed E-state index contributed by atoms with van der Waals surface area (Å²) in [6.45, 7) is 6.88. The number of carbonyl (C=O) groups is 8. The molecule has 22 heteroatoms. The van der Waals surface area contributed by atoms with E-state index < -0.39 is 60.2 Å². The molecular weight excluding hydrogens is 954 g/mol. The number of amides is 7. The Balaban J connectivity index is 1.31. The van der Waals surface area contributed by atoms with Crippen molar-refractivity contribution < 1.29 is 52.6 Å². The summed E-state index contributed by atoms with van der Waals surface area (Å²) < 4.78 is 16.0. The number of alkyl halides is 2. The minimum absolute atomic E-state index is 0.0429. The normalized spacial score (nSPS) is 12.4. The Morgan fingerprint density at radius 1 is 0.714 bits per heavy atom. The lowest BCUT2D eigenvalue weighted by molar-refractivity contribution is -0.133. The van der Waals surface area contributed by atoms with E-state index >= 15 is 0 Å². The molecule has 3 aromatic rings. The number of nitrogens with two attached hydrogens (primary N) is 1. The van der Waals surface area contributed by atoms with Crippen LogP contribution in [0.1, 0.15) is 67.8 Å². The topological polar surface area (TPSA) is 288 Å². The third-order valence-electron chi connectivity index (χ3n) is 8.92. The van der Waals surface area contributed by atoms with E-state index in [9.17, 15) is 38.4 Å². The number of ketones is 1. The molecule has 0 unspecified atom stereocenters. The van der Waals surface area contributed by atoms with Crippen LogP contribution >= 0.6 is 31.9 Å². The predicted octanol–water partition coefficient (Wildman–Crippen LogP) is 2.03. The van der Waals surface area contributed by atoms with Crippen molar-refractivity contribution in [2.45, 2.75) is 75.9 Å². The highest BCUT2D eigenvalue weighted by atomic mass is 79.9. The van der Waals surface area contributed by atoms with E-state index in [4.69, 9.17) is 19.9 Å². The number of fused-ring (bicyclic) bond motifs is 1. The molecule has 0 saturated heterocycles. The number of carbonyl (C=O) groups excluding carboxylic acids is 8. The standard InChI is InChI=1S/C41H53Br2N9O11/c1-23(2)34(53)21-46-41(60)63-22-26-5-8-28(9-6-26)49-40(59)31(18-35(44)54)52-38(57)25(4)48-37(56)24(3)47-36(55)11-13-61-15-16-62-14-12-45-39(58)27-7-10-29-30(17-27)51-33(20-43)32(19-42)50-29/h5-10,17,23-25,31H,11-16,18-22H2,1-4H3,(H2,44,54)(H,45,58)(H,46,60)(H,47,55)(H,48,56)(H,49,59)(H,52,57)/t24-,25-,31-/m0/s1. The fourth-order valence-corrected chi connectivity index (χ4v) is 6.17. The number of ether oxygens (including phenoxy) is 3. The Morgan fingerprint density at radius 3 is 1.97 bits per heavy atom. The van der Waals surface area contributed by atoms with Crippen LogP contribution in [-0.2, 0) is 60.2 Å². The SMILES string of the molecule is CC(C)C(=O)CNC(=O)OCc1ccc(NC(=O)[C@H](CC(N)=O)NC(=O)[C@H](C)NC(=O)[C@H](C)NC(=O)CCOCCOCCNC(=O)c2ccc3nc(CBr)c(CBr)nc3c2)cc1. The minimum Gasteiger partial charge on any atom is -0.445 e. The van der Waals surface area contributed by atoms with Gasteiger partial charge in [0.25, 0.3) is 5.91 Å². The number of aromatic nitrogens is 2. The lowest BCUT2D eigenvalue weighted by Crippen LogP contribution is -2.55. The van der Waals surface area contributed by atoms with Crippen LogP contribution in [0.3, 0.4) is 0 Å². The summed E-state index contributed by atoms with van der Waals surface area (Å²) in [5.74, 6) is -4.25. The van der Waals surface area contributed by atoms with Gasteiger partial charge in [-0.2, -0.15) is 0 Å². The number of hydrogen-bond donors (Lipinski definition) is 7. The molecule has 20 nitrogen and oxygen atoms in total. The third kappa shape index (κ3) is 18.4. The van der Waals surface area contributed by atoms with E-state index in [2.05, 4.69) is 73.7 Å². The highest BCUT2D eigenvalue weighted by Gasteiger charge is 2.27. The molecule has 1 aromatic heterocycles. The molecule has 0 bridgehead atoms. The highest BCUT2D eigenvalue weighted by molar-refractivity contribution is 9.09. The first-order chi connectivity index (χ1) is 30.0. The Hall–Kier alpha value is -5.58. The average molecular weight is 1010 g/mol. The Morgan fingerprint density at radius 2 is 1.33 bits per heavy atom. The molecule has 3 atom stereocenters. The van der Waals surface area contributed by atoms with Gasteiger partial charge in [-0.25, -0.2) is 14.8 Å². The molecule has 0 radical (unpaired) electrons. The number of alkyl carbamates (subject to hydrolysis) is 1. The lowest BCUT2D eigenvalue weighted by Gasteiger charge is -2.22. The quantitative estimate of drug-likeness (QED) is 0.0448. The van der Waals surface area contributed by atoms with Gasteiger partial charge in [0.1, 0.15) is 24.7 Å². The molecule has 0 aliphatic heterocycles. The van der Waals surface area contributed by atoms with Gasteiger partial charge >= 0.3 is 6.09 Å². The second kappa shape index (κ2) is 26.8. The summed E-state index contributed by atoms with van der Waals surface area (Å²) in [5, 5.41) is 16.2. The van der Waals surface area contributed by atoms with Gasteiger partial charge in [-0.05, 0) is 49.7 Å². The Kier molecular flexibility index (Phi) is 22.0. The van der Waals surface area contributed by atoms with Crippen molar-refractivity contribution in [3.8, 4) is 0 Å². The molecule has 7 amide bonds. The summed E-state index contributed by atoms with van der Waals surface area (Å²) in [6.07, 6.45) is -1.37. The van der Waals surface area contributed by atoms with Crippen LogP contribution in [0.25, 0.3) is 11.0 Å². The van der Waals surface area contributed by atoms with Crippen molar-refractivity contribution in [1.82, 2.24) is 36.6 Å². The summed E-state index contributed by atoms with van der Waals surface area (Å²) in [4.78, 5) is 108. The first-order valence-corrected chi connectivity index (χ1v) is 22.1. The number of nitrogens with one attached hydrogen (secondary N) is 6. The molecule has 0 spiro atoms. The molecule has 0 saturated carbocycles. The molecule has 0 fully saturated rings. The van der Waals surface area contributed by atoms with Crippen LogP contribution in [0.15, 0.2) is 42.5 Å². The van der Waals surface area contributed by atoms with E-state index in [-0.39, 0.29) is 70.2 Å². The Bertz CT molecular complexity index is 2090. The largest absolute Gasteiger partial charge is 0.445 e. The maximum absolute atomic E-state index is 13.0. The second-order valence-electron chi connectivity index (χ2n) is 14.3. The van der Waals surface area contributed by atoms with Gasteiger partial charge in [0.05, 0.1) is 61.8 Å². The summed E-state index contributed by atoms with van der Waals surface area (Å²) in [5.41, 5.74) is 9.55. The number of hydrogen-bond acceptors (Lipinski definition) is 13. The van der Waals surface area contributed by atoms with Gasteiger partial charge in [0.2, 0.25) is 29.5 Å². The molecule has 2 aromatic carbocycles. The average Bonchev–Trinajstić information content (AvgIpc) is 3.25. The lowest BCUT2D eigenvalue weighted by atomic mass is 10.1. The third-order valence-corrected chi connectivity index (χ3v) is 9.98. The molecular formula is C41H53Br2N9O11. The smallest absolute Gasteiger partial charge is 0.407 e. The predicted molar refractivity (Wildman–Crippen MR) is 237 cm³/mol.